The average molecular weight is 386 g/mol. The summed E-state index contributed by atoms with van der Waals surface area (Å²) in [5, 5.41) is 0. The van der Waals surface area contributed by atoms with Crippen LogP contribution in [0.2, 0.25) is 0 Å². The predicted octanol–water partition coefficient (Wildman–Crippen LogP) is 5.56. The van der Waals surface area contributed by atoms with Gasteiger partial charge in [-0.2, -0.15) is 0 Å². The molecule has 2 fully saturated rings. The van der Waals surface area contributed by atoms with Gasteiger partial charge in [0.1, 0.15) is 23.3 Å². The van der Waals surface area contributed by atoms with E-state index in [1.165, 1.54) is 24.0 Å². The molecule has 2 aliphatic carbocycles. The first-order valence-electron chi connectivity index (χ1n) is 10.9. The van der Waals surface area contributed by atoms with Crippen LogP contribution in [0.3, 0.4) is 0 Å². The molecule has 2 saturated carbocycles. The van der Waals surface area contributed by atoms with Crippen LogP contribution in [0, 0.1) is 0 Å². The summed E-state index contributed by atoms with van der Waals surface area (Å²) in [4.78, 5) is 10.0. The molecule has 0 saturated heterocycles. The summed E-state index contributed by atoms with van der Waals surface area (Å²) in [6.07, 6.45) is 7.28. The van der Waals surface area contributed by atoms with Gasteiger partial charge in [-0.1, -0.05) is 60.7 Å². The molecule has 0 aromatic heterocycles. The van der Waals surface area contributed by atoms with Gasteiger partial charge in [-0.15, -0.1) is 0 Å². The van der Waals surface area contributed by atoms with Crippen LogP contribution in [0.15, 0.2) is 70.6 Å². The molecular weight excluding hydrogens is 360 g/mol. The Labute approximate surface area is 171 Å². The van der Waals surface area contributed by atoms with E-state index in [4.69, 9.17) is 19.5 Å². The molecule has 4 aliphatic rings. The molecule has 29 heavy (non-hydrogen) atoms. The Hall–Kier alpha value is -2.62. The molecule has 4 nitrogen and oxygen atoms in total. The van der Waals surface area contributed by atoms with Crippen molar-refractivity contribution in [2.45, 2.75) is 68.2 Å². The Morgan fingerprint density at radius 1 is 0.655 bits per heavy atom. The van der Waals surface area contributed by atoms with Crippen molar-refractivity contribution in [1.82, 2.24) is 0 Å². The molecule has 2 aliphatic heterocycles. The molecule has 0 bridgehead atoms. The zero-order valence-electron chi connectivity index (χ0n) is 16.6. The fourth-order valence-electron chi connectivity index (χ4n) is 5.28. The minimum atomic E-state index is -0.150. The van der Waals surface area contributed by atoms with E-state index >= 15 is 0 Å². The van der Waals surface area contributed by atoms with Crippen LogP contribution in [0.5, 0.6) is 0 Å². The Bertz CT molecular complexity index is 879. The summed E-state index contributed by atoms with van der Waals surface area (Å²) in [7, 11) is 0. The second-order valence-corrected chi connectivity index (χ2v) is 8.89. The fourth-order valence-corrected chi connectivity index (χ4v) is 5.28. The predicted molar refractivity (Wildman–Crippen MR) is 113 cm³/mol. The van der Waals surface area contributed by atoms with E-state index in [9.17, 15) is 0 Å². The molecule has 148 valence electrons. The highest BCUT2D eigenvalue weighted by Gasteiger charge is 2.54. The van der Waals surface area contributed by atoms with E-state index in [0.717, 1.165) is 37.5 Å². The smallest absolute Gasteiger partial charge is 0.194 e. The van der Waals surface area contributed by atoms with Gasteiger partial charge in [-0.25, -0.2) is 9.98 Å². The minimum Gasteiger partial charge on any atom is -0.471 e. The second kappa shape index (κ2) is 6.45. The van der Waals surface area contributed by atoms with E-state index in [1.54, 1.807) is 0 Å². The van der Waals surface area contributed by atoms with Crippen LogP contribution in [0.25, 0.3) is 0 Å². The molecule has 4 heteroatoms. The molecule has 2 spiro atoms. The molecule has 2 heterocycles. The topological polar surface area (TPSA) is 43.2 Å². The molecule has 0 unspecified atom stereocenters. The third kappa shape index (κ3) is 2.72. The molecule has 0 radical (unpaired) electrons. The lowest BCUT2D eigenvalue weighted by molar-refractivity contribution is -0.0261. The lowest BCUT2D eigenvalue weighted by Gasteiger charge is -2.41. The number of hydrogen-bond donors (Lipinski definition) is 0. The van der Waals surface area contributed by atoms with Crippen molar-refractivity contribution < 1.29 is 9.47 Å². The lowest BCUT2D eigenvalue weighted by Crippen LogP contribution is -2.43. The Kier molecular flexibility index (Phi) is 3.84. The molecule has 2 atom stereocenters. The molecule has 6 rings (SSSR count). The maximum atomic E-state index is 6.46. The monoisotopic (exact) mass is 386 g/mol. The van der Waals surface area contributed by atoms with Crippen LogP contribution in [-0.2, 0) is 9.47 Å². The average Bonchev–Trinajstić information content (AvgIpc) is 3.29. The van der Waals surface area contributed by atoms with Gasteiger partial charge in [0.05, 0.1) is 6.42 Å². The Morgan fingerprint density at radius 3 is 1.41 bits per heavy atom. The van der Waals surface area contributed by atoms with Crippen molar-refractivity contribution in [3.8, 4) is 0 Å². The van der Waals surface area contributed by atoms with Crippen molar-refractivity contribution >= 4 is 11.8 Å². The zero-order chi connectivity index (χ0) is 19.3. The summed E-state index contributed by atoms with van der Waals surface area (Å²) < 4.78 is 12.9. The number of nitrogens with zero attached hydrogens (tertiary/aromatic N) is 2. The summed E-state index contributed by atoms with van der Waals surface area (Å²) in [5.41, 5.74) is 2.19. The van der Waals surface area contributed by atoms with E-state index in [2.05, 4.69) is 60.7 Å². The van der Waals surface area contributed by atoms with Crippen molar-refractivity contribution in [2.24, 2.45) is 9.98 Å². The van der Waals surface area contributed by atoms with Gasteiger partial charge in [0, 0.05) is 0 Å². The van der Waals surface area contributed by atoms with Gasteiger partial charge in [-0.3, -0.25) is 0 Å². The largest absolute Gasteiger partial charge is 0.471 e. The first-order valence-corrected chi connectivity index (χ1v) is 10.9. The quantitative estimate of drug-likeness (QED) is 0.690. The van der Waals surface area contributed by atoms with E-state index < -0.39 is 0 Å². The van der Waals surface area contributed by atoms with Gasteiger partial charge in [-0.05, 0) is 49.7 Å². The van der Waals surface area contributed by atoms with Crippen molar-refractivity contribution in [2.75, 3.05) is 0 Å². The summed E-state index contributed by atoms with van der Waals surface area (Å²) >= 11 is 0. The van der Waals surface area contributed by atoms with Crippen LogP contribution in [-0.4, -0.2) is 23.0 Å². The molecule has 2 aromatic rings. The standard InChI is InChI=1S/C25H26N2O2/c1-3-9-18(10-4-1)22-24(13-7-14-24)28-20(26-22)17-21-27-23(19-11-5-2-6-12-19)25(29-21)15-8-16-25/h1-6,9-12,22-23H,7-8,13-17H2/t22-,23-/m0/s1. The van der Waals surface area contributed by atoms with Crippen molar-refractivity contribution in [1.29, 1.82) is 0 Å². The van der Waals surface area contributed by atoms with Gasteiger partial charge in [0.15, 0.2) is 11.8 Å². The highest BCUT2D eigenvalue weighted by Crippen LogP contribution is 2.53. The van der Waals surface area contributed by atoms with Gasteiger partial charge in [0.2, 0.25) is 0 Å². The van der Waals surface area contributed by atoms with E-state index in [-0.39, 0.29) is 23.3 Å². The zero-order valence-corrected chi connectivity index (χ0v) is 16.6. The summed E-state index contributed by atoms with van der Waals surface area (Å²) in [5.74, 6) is 1.58. The van der Waals surface area contributed by atoms with Crippen molar-refractivity contribution in [3.05, 3.63) is 71.8 Å². The minimum absolute atomic E-state index is 0.0945. The second-order valence-electron chi connectivity index (χ2n) is 8.89. The highest BCUT2D eigenvalue weighted by molar-refractivity contribution is 5.99. The fraction of sp³-hybridized carbons (Fsp3) is 0.440. The molecule has 0 N–H and O–H groups in total. The molecular formula is C25H26N2O2. The van der Waals surface area contributed by atoms with Crippen LogP contribution in [0.4, 0.5) is 0 Å². The van der Waals surface area contributed by atoms with Crippen LogP contribution >= 0.6 is 0 Å². The van der Waals surface area contributed by atoms with Crippen molar-refractivity contribution in [3.63, 3.8) is 0 Å². The van der Waals surface area contributed by atoms with Crippen LogP contribution < -0.4 is 0 Å². The first-order chi connectivity index (χ1) is 14.3. The number of benzene rings is 2. The Balaban J connectivity index is 1.27. The maximum absolute atomic E-state index is 6.46. The third-order valence-electron chi connectivity index (χ3n) is 7.12. The SMILES string of the molecule is c1ccc([C@@H]2N=C(CC3=N[C@@H](c4ccccc4)C4(CCC4)O3)OC23CCC3)cc1. The number of aliphatic imine (C=N–C) groups is 2. The third-order valence-corrected chi connectivity index (χ3v) is 7.12. The van der Waals surface area contributed by atoms with Gasteiger partial charge < -0.3 is 9.47 Å². The normalized spacial score (nSPS) is 28.1. The molecule has 2 aromatic carbocycles. The Morgan fingerprint density at radius 2 is 1.07 bits per heavy atom. The highest BCUT2D eigenvalue weighted by atomic mass is 16.5. The lowest BCUT2D eigenvalue weighted by atomic mass is 9.73. The first kappa shape index (κ1) is 17.3. The molecule has 0 amide bonds. The summed E-state index contributed by atoms with van der Waals surface area (Å²) in [6.45, 7) is 0. The maximum Gasteiger partial charge on any atom is 0.194 e. The van der Waals surface area contributed by atoms with E-state index in [0.29, 0.717) is 6.42 Å². The summed E-state index contributed by atoms with van der Waals surface area (Å²) in [6, 6.07) is 21.3. The number of rotatable bonds is 4. The number of hydrogen-bond acceptors (Lipinski definition) is 4. The van der Waals surface area contributed by atoms with Crippen LogP contribution in [0.1, 0.15) is 68.2 Å². The van der Waals surface area contributed by atoms with Gasteiger partial charge >= 0.3 is 0 Å². The van der Waals surface area contributed by atoms with E-state index in [1.807, 2.05) is 0 Å². The van der Waals surface area contributed by atoms with Gasteiger partial charge in [0.25, 0.3) is 0 Å². The number of ether oxygens (including phenoxy) is 2.